The topological polar surface area (TPSA) is 82.9 Å². The summed E-state index contributed by atoms with van der Waals surface area (Å²) in [6.07, 6.45) is 6.39. The van der Waals surface area contributed by atoms with E-state index in [0.717, 1.165) is 65.7 Å². The number of fused-ring (bicyclic) bond motifs is 1. The van der Waals surface area contributed by atoms with Gasteiger partial charge >= 0.3 is 6.03 Å². The highest BCUT2D eigenvalue weighted by atomic mass is 16.3. The predicted octanol–water partition coefficient (Wildman–Crippen LogP) is 4.23. The Hall–Kier alpha value is -2.83. The molecule has 2 atom stereocenters. The largest absolute Gasteiger partial charge is 0.461 e. The third kappa shape index (κ3) is 3.89. The van der Waals surface area contributed by atoms with E-state index in [1.807, 2.05) is 31.2 Å². The first kappa shape index (κ1) is 22.4. The van der Waals surface area contributed by atoms with Crippen LogP contribution in [-0.2, 0) is 22.6 Å². The van der Waals surface area contributed by atoms with Gasteiger partial charge in [0.05, 0.1) is 0 Å². The molecular formula is C25H33N3O4. The van der Waals surface area contributed by atoms with E-state index in [2.05, 4.69) is 12.2 Å². The van der Waals surface area contributed by atoms with Crippen molar-refractivity contribution < 1.29 is 18.8 Å². The van der Waals surface area contributed by atoms with Crippen LogP contribution >= 0.6 is 0 Å². The summed E-state index contributed by atoms with van der Waals surface area (Å²) in [5.74, 6) is 0.455. The molecule has 1 aliphatic heterocycles. The summed E-state index contributed by atoms with van der Waals surface area (Å²) < 4.78 is 6.07. The minimum absolute atomic E-state index is 0.0731. The molecular weight excluding hydrogens is 406 g/mol. The average molecular weight is 440 g/mol. The molecule has 4 rings (SSSR count). The molecule has 0 unspecified atom stereocenters. The van der Waals surface area contributed by atoms with E-state index in [9.17, 15) is 14.4 Å². The zero-order valence-corrected chi connectivity index (χ0v) is 19.3. The highest BCUT2D eigenvalue weighted by molar-refractivity contribution is 6.09. The minimum atomic E-state index is -0.845. The number of unbranched alkanes of at least 4 members (excludes halogenated alkanes) is 1. The highest BCUT2D eigenvalue weighted by Crippen LogP contribution is 2.38. The van der Waals surface area contributed by atoms with E-state index in [1.54, 1.807) is 11.9 Å². The molecule has 1 saturated heterocycles. The molecule has 7 heteroatoms. The standard InChI is InChI=1S/C25H33N3O4/c1-4-5-12-21-19(18-11-6-7-13-20(18)32-21)15-27(3)22(29)16-28-23(30)25(26-24(28)31)14-9-8-10-17(25)2/h6-7,11,13,17H,4-5,8-10,12,14-16H2,1-3H3,(H,26,31)/t17-,25+/m1/s1. The van der Waals surface area contributed by atoms with Gasteiger partial charge in [-0.1, -0.05) is 51.3 Å². The van der Waals surface area contributed by atoms with Gasteiger partial charge in [-0.15, -0.1) is 0 Å². The summed E-state index contributed by atoms with van der Waals surface area (Å²) >= 11 is 0. The molecule has 1 aliphatic carbocycles. The Kier molecular flexibility index (Phi) is 6.26. The first-order chi connectivity index (χ1) is 15.4. The third-order valence-corrected chi connectivity index (χ3v) is 7.16. The first-order valence-electron chi connectivity index (χ1n) is 11.7. The van der Waals surface area contributed by atoms with Gasteiger partial charge < -0.3 is 14.6 Å². The second-order valence-corrected chi connectivity index (χ2v) is 9.29. The lowest BCUT2D eigenvalue weighted by Gasteiger charge is -2.36. The van der Waals surface area contributed by atoms with Crippen LogP contribution in [0.25, 0.3) is 11.0 Å². The predicted molar refractivity (Wildman–Crippen MR) is 122 cm³/mol. The maximum absolute atomic E-state index is 13.2. The number of hydrogen-bond donors (Lipinski definition) is 1. The van der Waals surface area contributed by atoms with Crippen LogP contribution in [0.1, 0.15) is 63.7 Å². The van der Waals surface area contributed by atoms with Gasteiger partial charge in [-0.25, -0.2) is 4.79 Å². The Morgan fingerprint density at radius 3 is 2.81 bits per heavy atom. The SMILES string of the molecule is CCCCc1oc2ccccc2c1CN(C)C(=O)CN1C(=O)N[C@]2(CCCC[C@H]2C)C1=O. The Labute approximate surface area is 189 Å². The van der Waals surface area contributed by atoms with Gasteiger partial charge in [0, 0.05) is 31.0 Å². The number of benzene rings is 1. The molecule has 1 aromatic carbocycles. The van der Waals surface area contributed by atoms with Crippen LogP contribution < -0.4 is 5.32 Å². The van der Waals surface area contributed by atoms with Crippen molar-refractivity contribution in [3.8, 4) is 0 Å². The monoisotopic (exact) mass is 439 g/mol. The van der Waals surface area contributed by atoms with Crippen molar-refractivity contribution in [3.63, 3.8) is 0 Å². The zero-order valence-electron chi connectivity index (χ0n) is 19.3. The quantitative estimate of drug-likeness (QED) is 0.655. The number of nitrogens with one attached hydrogen (secondary N) is 1. The van der Waals surface area contributed by atoms with Crippen molar-refractivity contribution in [1.82, 2.24) is 15.1 Å². The fourth-order valence-electron chi connectivity index (χ4n) is 5.08. The molecule has 0 radical (unpaired) electrons. The molecule has 2 aromatic rings. The van der Waals surface area contributed by atoms with Crippen LogP contribution in [0.5, 0.6) is 0 Å². The van der Waals surface area contributed by atoms with Crippen molar-refractivity contribution in [2.24, 2.45) is 5.92 Å². The lowest BCUT2D eigenvalue weighted by atomic mass is 9.73. The number of carbonyl (C=O) groups is 3. The smallest absolute Gasteiger partial charge is 0.325 e. The normalized spacial score (nSPS) is 23.2. The third-order valence-electron chi connectivity index (χ3n) is 7.16. The number of rotatable bonds is 7. The number of carbonyl (C=O) groups excluding carboxylic acids is 3. The molecule has 1 spiro atoms. The summed E-state index contributed by atoms with van der Waals surface area (Å²) in [7, 11) is 1.71. The molecule has 1 aromatic heterocycles. The number of urea groups is 1. The van der Waals surface area contributed by atoms with Crippen LogP contribution in [0, 0.1) is 5.92 Å². The maximum Gasteiger partial charge on any atom is 0.325 e. The average Bonchev–Trinajstić information content (AvgIpc) is 3.24. The van der Waals surface area contributed by atoms with Crippen LogP contribution in [0.15, 0.2) is 28.7 Å². The van der Waals surface area contributed by atoms with Gasteiger partial charge in [0.2, 0.25) is 5.91 Å². The van der Waals surface area contributed by atoms with Crippen LogP contribution in [-0.4, -0.2) is 46.8 Å². The van der Waals surface area contributed by atoms with Crippen molar-refractivity contribution >= 4 is 28.8 Å². The Balaban J connectivity index is 1.49. The number of aryl methyl sites for hydroxylation is 1. The van der Waals surface area contributed by atoms with E-state index in [0.29, 0.717) is 13.0 Å². The van der Waals surface area contributed by atoms with Gasteiger partial charge in [-0.2, -0.15) is 0 Å². The second-order valence-electron chi connectivity index (χ2n) is 9.29. The molecule has 1 N–H and O–H groups in total. The molecule has 2 aliphatic rings. The van der Waals surface area contributed by atoms with Crippen molar-refractivity contribution in [2.45, 2.75) is 70.9 Å². The Morgan fingerprint density at radius 2 is 2.06 bits per heavy atom. The van der Waals surface area contributed by atoms with Gasteiger partial charge in [0.25, 0.3) is 5.91 Å². The second kappa shape index (κ2) is 8.96. The van der Waals surface area contributed by atoms with Gasteiger partial charge in [-0.05, 0) is 31.2 Å². The molecule has 7 nitrogen and oxygen atoms in total. The summed E-state index contributed by atoms with van der Waals surface area (Å²) in [5.41, 5.74) is 0.971. The molecule has 0 bridgehead atoms. The van der Waals surface area contributed by atoms with Gasteiger partial charge in [0.1, 0.15) is 23.4 Å². The molecule has 1 saturated carbocycles. The number of hydrogen-bond acceptors (Lipinski definition) is 4. The summed E-state index contributed by atoms with van der Waals surface area (Å²) in [6.45, 7) is 4.28. The number of amides is 4. The fraction of sp³-hybridized carbons (Fsp3) is 0.560. The number of para-hydroxylation sites is 1. The van der Waals surface area contributed by atoms with Crippen molar-refractivity contribution in [2.75, 3.05) is 13.6 Å². The summed E-state index contributed by atoms with van der Waals surface area (Å²) in [5, 5.41) is 3.92. The number of furan rings is 1. The molecule has 2 fully saturated rings. The number of likely N-dealkylation sites (N-methyl/N-ethyl adjacent to an activating group) is 1. The maximum atomic E-state index is 13.2. The van der Waals surface area contributed by atoms with Gasteiger partial charge in [-0.3, -0.25) is 14.5 Å². The minimum Gasteiger partial charge on any atom is -0.461 e. The molecule has 32 heavy (non-hydrogen) atoms. The van der Waals surface area contributed by atoms with E-state index in [4.69, 9.17) is 4.42 Å². The van der Waals surface area contributed by atoms with Crippen molar-refractivity contribution in [1.29, 1.82) is 0 Å². The van der Waals surface area contributed by atoms with E-state index in [1.165, 1.54) is 0 Å². The molecule has 4 amide bonds. The summed E-state index contributed by atoms with van der Waals surface area (Å²) in [4.78, 5) is 41.6. The fourth-order valence-corrected chi connectivity index (χ4v) is 5.08. The van der Waals surface area contributed by atoms with E-state index >= 15 is 0 Å². The van der Waals surface area contributed by atoms with Crippen molar-refractivity contribution in [3.05, 3.63) is 35.6 Å². The van der Waals surface area contributed by atoms with Crippen LogP contribution in [0.3, 0.4) is 0 Å². The highest BCUT2D eigenvalue weighted by Gasteiger charge is 2.55. The van der Waals surface area contributed by atoms with Gasteiger partial charge in [0.15, 0.2) is 0 Å². The Morgan fingerprint density at radius 1 is 1.28 bits per heavy atom. The number of imide groups is 1. The lowest BCUT2D eigenvalue weighted by Crippen LogP contribution is -2.54. The molecule has 2 heterocycles. The Bertz CT molecular complexity index is 1030. The number of nitrogens with zero attached hydrogens (tertiary/aromatic N) is 2. The van der Waals surface area contributed by atoms with Crippen LogP contribution in [0.4, 0.5) is 4.79 Å². The van der Waals surface area contributed by atoms with E-state index in [-0.39, 0.29) is 24.3 Å². The first-order valence-corrected chi connectivity index (χ1v) is 11.7. The van der Waals surface area contributed by atoms with Crippen LogP contribution in [0.2, 0.25) is 0 Å². The molecule has 172 valence electrons. The zero-order chi connectivity index (χ0) is 22.9. The summed E-state index contributed by atoms with van der Waals surface area (Å²) in [6, 6.07) is 7.39. The lowest BCUT2D eigenvalue weighted by molar-refractivity contribution is -0.140. The van der Waals surface area contributed by atoms with E-state index < -0.39 is 11.6 Å².